The van der Waals surface area contributed by atoms with E-state index < -0.39 is 5.97 Å². The fraction of sp³-hybridized carbons (Fsp3) is 0.250. The van der Waals surface area contributed by atoms with Crippen LogP contribution in [-0.4, -0.2) is 22.4 Å². The summed E-state index contributed by atoms with van der Waals surface area (Å²) >= 11 is 0. The molecule has 0 amide bonds. The third-order valence-electron chi connectivity index (χ3n) is 3.07. The molecule has 0 N–H and O–H groups in total. The van der Waals surface area contributed by atoms with E-state index in [1.165, 1.54) is 12.3 Å². The molecule has 21 heavy (non-hydrogen) atoms. The van der Waals surface area contributed by atoms with Crippen LogP contribution in [-0.2, 0) is 9.63 Å². The van der Waals surface area contributed by atoms with Gasteiger partial charge in [0.1, 0.15) is 5.71 Å². The van der Waals surface area contributed by atoms with Gasteiger partial charge in [0.15, 0.2) is 5.78 Å². The number of aromatic nitrogens is 1. The first-order valence-corrected chi connectivity index (χ1v) is 6.63. The van der Waals surface area contributed by atoms with Crippen molar-refractivity contribution in [2.75, 3.05) is 0 Å². The number of oxime groups is 1. The summed E-state index contributed by atoms with van der Waals surface area (Å²) < 4.78 is 0. The summed E-state index contributed by atoms with van der Waals surface area (Å²) in [5.74, 6) is -0.527. The standard InChI is InChI=1S/C16H16N2O3/c1-10(2)13-8-14(11(3)7-15(13)19)18-21-16(20)12-5-4-6-17-9-12/h4-10H,1-3H3/b18-14+. The van der Waals surface area contributed by atoms with Gasteiger partial charge in [0, 0.05) is 18.0 Å². The number of hydrogen-bond acceptors (Lipinski definition) is 5. The minimum absolute atomic E-state index is 0.0277. The zero-order valence-electron chi connectivity index (χ0n) is 12.2. The lowest BCUT2D eigenvalue weighted by Gasteiger charge is -2.14. The quantitative estimate of drug-likeness (QED) is 0.486. The second-order valence-electron chi connectivity index (χ2n) is 5.04. The molecule has 0 radical (unpaired) electrons. The van der Waals surface area contributed by atoms with Crippen LogP contribution < -0.4 is 0 Å². The Kier molecular flexibility index (Phi) is 4.42. The van der Waals surface area contributed by atoms with Crippen LogP contribution in [0.1, 0.15) is 31.1 Å². The first kappa shape index (κ1) is 14.8. The monoisotopic (exact) mass is 284 g/mol. The number of carbonyl (C=O) groups excluding carboxylic acids is 2. The molecule has 0 saturated carbocycles. The Hall–Kier alpha value is -2.56. The molecule has 2 rings (SSSR count). The second kappa shape index (κ2) is 6.26. The first-order valence-electron chi connectivity index (χ1n) is 6.63. The SMILES string of the molecule is CC1=CC(=O)C(C(C)C)=C/C1=N\OC(=O)c1cccnc1. The number of hydrogen-bond donors (Lipinski definition) is 0. The van der Waals surface area contributed by atoms with Crippen molar-refractivity contribution in [3.8, 4) is 0 Å². The van der Waals surface area contributed by atoms with Crippen molar-refractivity contribution in [1.29, 1.82) is 0 Å². The van der Waals surface area contributed by atoms with Crippen LogP contribution in [0.4, 0.5) is 0 Å². The van der Waals surface area contributed by atoms with Crippen LogP contribution in [0.3, 0.4) is 0 Å². The fourth-order valence-electron chi connectivity index (χ4n) is 1.86. The molecule has 5 nitrogen and oxygen atoms in total. The molecule has 0 aliphatic heterocycles. The lowest BCUT2D eigenvalue weighted by Crippen LogP contribution is -2.16. The Bertz CT molecular complexity index is 655. The molecular formula is C16H16N2O3. The highest BCUT2D eigenvalue weighted by Gasteiger charge is 2.19. The number of nitrogens with zero attached hydrogens (tertiary/aromatic N) is 2. The van der Waals surface area contributed by atoms with E-state index in [1.807, 2.05) is 13.8 Å². The van der Waals surface area contributed by atoms with Crippen molar-refractivity contribution < 1.29 is 14.4 Å². The Morgan fingerprint density at radius 1 is 1.33 bits per heavy atom. The van der Waals surface area contributed by atoms with Crippen LogP contribution in [0.2, 0.25) is 0 Å². The Morgan fingerprint density at radius 3 is 2.71 bits per heavy atom. The second-order valence-corrected chi connectivity index (χ2v) is 5.04. The summed E-state index contributed by atoms with van der Waals surface area (Å²) in [5.41, 5.74) is 2.12. The van der Waals surface area contributed by atoms with Gasteiger partial charge in [0.05, 0.1) is 5.56 Å². The lowest BCUT2D eigenvalue weighted by atomic mass is 9.90. The van der Waals surface area contributed by atoms with Crippen LogP contribution >= 0.6 is 0 Å². The highest BCUT2D eigenvalue weighted by Crippen LogP contribution is 2.19. The maximum absolute atomic E-state index is 11.8. The summed E-state index contributed by atoms with van der Waals surface area (Å²) in [7, 11) is 0. The normalized spacial score (nSPS) is 16.8. The van der Waals surface area contributed by atoms with Gasteiger partial charge in [-0.05, 0) is 42.7 Å². The van der Waals surface area contributed by atoms with E-state index in [0.717, 1.165) is 0 Å². The molecule has 1 aliphatic carbocycles. The zero-order valence-corrected chi connectivity index (χ0v) is 12.2. The molecule has 5 heteroatoms. The van der Waals surface area contributed by atoms with E-state index in [-0.39, 0.29) is 11.7 Å². The van der Waals surface area contributed by atoms with Crippen molar-refractivity contribution in [2.45, 2.75) is 20.8 Å². The molecule has 1 aromatic rings. The average molecular weight is 284 g/mol. The molecular weight excluding hydrogens is 268 g/mol. The summed E-state index contributed by atoms with van der Waals surface area (Å²) in [5, 5.41) is 3.85. The van der Waals surface area contributed by atoms with E-state index in [0.29, 0.717) is 22.4 Å². The average Bonchev–Trinajstić information content (AvgIpc) is 2.46. The molecule has 108 valence electrons. The third kappa shape index (κ3) is 3.51. The summed E-state index contributed by atoms with van der Waals surface area (Å²) in [6.45, 7) is 5.61. The van der Waals surface area contributed by atoms with Crippen molar-refractivity contribution in [3.05, 3.63) is 53.4 Å². The Morgan fingerprint density at radius 2 is 2.10 bits per heavy atom. The third-order valence-corrected chi connectivity index (χ3v) is 3.07. The number of carbonyl (C=O) groups is 2. The van der Waals surface area contributed by atoms with Crippen molar-refractivity contribution in [1.82, 2.24) is 4.98 Å². The highest BCUT2D eigenvalue weighted by atomic mass is 16.7. The molecule has 0 aromatic carbocycles. The van der Waals surface area contributed by atoms with Crippen LogP contribution in [0, 0.1) is 5.92 Å². The van der Waals surface area contributed by atoms with Gasteiger partial charge >= 0.3 is 5.97 Å². The van der Waals surface area contributed by atoms with E-state index in [9.17, 15) is 9.59 Å². The molecule has 1 heterocycles. The molecule has 0 unspecified atom stereocenters. The van der Waals surface area contributed by atoms with E-state index in [2.05, 4.69) is 10.1 Å². The number of rotatable bonds is 3. The summed E-state index contributed by atoms with van der Waals surface area (Å²) in [6, 6.07) is 3.24. The van der Waals surface area contributed by atoms with E-state index in [1.54, 1.807) is 31.3 Å². The van der Waals surface area contributed by atoms with Gasteiger partial charge in [-0.1, -0.05) is 19.0 Å². The molecule has 0 atom stereocenters. The fourth-order valence-corrected chi connectivity index (χ4v) is 1.86. The summed E-state index contributed by atoms with van der Waals surface area (Å²) in [6.07, 6.45) is 6.15. The topological polar surface area (TPSA) is 68.6 Å². The van der Waals surface area contributed by atoms with Crippen molar-refractivity contribution in [2.24, 2.45) is 11.1 Å². The molecule has 0 fully saturated rings. The predicted octanol–water partition coefficient (Wildman–Crippen LogP) is 2.71. The Labute approximate surface area is 123 Å². The van der Waals surface area contributed by atoms with Gasteiger partial charge in [-0.2, -0.15) is 0 Å². The van der Waals surface area contributed by atoms with Gasteiger partial charge in [0.2, 0.25) is 0 Å². The van der Waals surface area contributed by atoms with E-state index >= 15 is 0 Å². The maximum Gasteiger partial charge on any atom is 0.367 e. The number of ketones is 1. The van der Waals surface area contributed by atoms with Crippen LogP contribution in [0.15, 0.2) is 53.0 Å². The highest BCUT2D eigenvalue weighted by molar-refractivity contribution is 6.21. The van der Waals surface area contributed by atoms with Gasteiger partial charge in [-0.25, -0.2) is 4.79 Å². The minimum atomic E-state index is -0.584. The van der Waals surface area contributed by atoms with Crippen LogP contribution in [0.25, 0.3) is 0 Å². The summed E-state index contributed by atoms with van der Waals surface area (Å²) in [4.78, 5) is 32.4. The van der Waals surface area contributed by atoms with Gasteiger partial charge < -0.3 is 4.84 Å². The molecule has 0 saturated heterocycles. The van der Waals surface area contributed by atoms with Gasteiger partial charge in [-0.3, -0.25) is 9.78 Å². The Balaban J connectivity index is 2.19. The number of pyridine rings is 1. The van der Waals surface area contributed by atoms with Gasteiger partial charge in [0.25, 0.3) is 0 Å². The molecule has 0 spiro atoms. The minimum Gasteiger partial charge on any atom is -0.312 e. The smallest absolute Gasteiger partial charge is 0.312 e. The van der Waals surface area contributed by atoms with Crippen LogP contribution in [0.5, 0.6) is 0 Å². The first-order chi connectivity index (χ1) is 9.99. The molecule has 1 aliphatic rings. The lowest BCUT2D eigenvalue weighted by molar-refractivity contribution is -0.111. The molecule has 0 bridgehead atoms. The predicted molar refractivity (Wildman–Crippen MR) is 78.8 cm³/mol. The van der Waals surface area contributed by atoms with Gasteiger partial charge in [-0.15, -0.1) is 0 Å². The van der Waals surface area contributed by atoms with Crippen molar-refractivity contribution >= 4 is 17.5 Å². The van der Waals surface area contributed by atoms with E-state index in [4.69, 9.17) is 4.84 Å². The maximum atomic E-state index is 11.8. The number of allylic oxidation sites excluding steroid dienone is 4. The largest absolute Gasteiger partial charge is 0.367 e. The zero-order chi connectivity index (χ0) is 15.4. The molecule has 1 aromatic heterocycles. The van der Waals surface area contributed by atoms with Crippen molar-refractivity contribution in [3.63, 3.8) is 0 Å².